The van der Waals surface area contributed by atoms with Gasteiger partial charge in [0.2, 0.25) is 0 Å². The molecule has 0 saturated carbocycles. The summed E-state index contributed by atoms with van der Waals surface area (Å²) in [5.74, 6) is -0.264. The molecule has 1 N–H and O–H groups in total. The van der Waals surface area contributed by atoms with E-state index in [0.717, 1.165) is 19.3 Å². The first-order chi connectivity index (χ1) is 10.0. The number of hydrogen-bond acceptors (Lipinski definition) is 3. The van der Waals surface area contributed by atoms with E-state index >= 15 is 0 Å². The van der Waals surface area contributed by atoms with Crippen molar-refractivity contribution < 1.29 is 14.3 Å². The van der Waals surface area contributed by atoms with Gasteiger partial charge in [0.1, 0.15) is 5.75 Å². The number of carbonyl (C=O) groups excluding carboxylic acids is 2. The van der Waals surface area contributed by atoms with Gasteiger partial charge >= 0.3 is 0 Å². The summed E-state index contributed by atoms with van der Waals surface area (Å²) in [5.41, 5.74) is -1.02. The highest BCUT2D eigenvalue weighted by molar-refractivity contribution is 6.31. The van der Waals surface area contributed by atoms with Crippen LogP contribution in [0.1, 0.15) is 26.2 Å². The lowest BCUT2D eigenvalue weighted by atomic mass is 9.99. The summed E-state index contributed by atoms with van der Waals surface area (Å²) in [4.78, 5) is 26.7. The number of hydrogen-bond donors (Lipinski definition) is 1. The third-order valence-electron chi connectivity index (χ3n) is 3.99. The van der Waals surface area contributed by atoms with Crippen LogP contribution in [-0.4, -0.2) is 35.4 Å². The third kappa shape index (κ3) is 2.46. The standard InChI is InChI=1S/C15H17ClN2O3/c1-15(14(20)18-7-3-2-4-8-18)13(19)17-11-9-10(16)5-6-12(11)21-15/h5-6,9H,2-4,7-8H2,1H3,(H,17,19)/t15-/m1/s1. The number of fused-ring (bicyclic) bond motifs is 1. The molecular weight excluding hydrogens is 292 g/mol. The van der Waals surface area contributed by atoms with E-state index in [9.17, 15) is 9.59 Å². The van der Waals surface area contributed by atoms with Gasteiger partial charge in [0.25, 0.3) is 17.4 Å². The molecule has 0 aliphatic carbocycles. The summed E-state index contributed by atoms with van der Waals surface area (Å²) in [6, 6.07) is 4.95. The first-order valence-corrected chi connectivity index (χ1v) is 7.48. The molecule has 112 valence electrons. The molecule has 2 aliphatic heterocycles. The SMILES string of the molecule is C[C@@]1(C(=O)N2CCCCC2)Oc2ccc(Cl)cc2NC1=O. The fourth-order valence-electron chi connectivity index (χ4n) is 2.74. The summed E-state index contributed by atoms with van der Waals surface area (Å²) in [7, 11) is 0. The lowest BCUT2D eigenvalue weighted by molar-refractivity contribution is -0.155. The maximum Gasteiger partial charge on any atom is 0.278 e. The van der Waals surface area contributed by atoms with Crippen molar-refractivity contribution in [3.05, 3.63) is 23.2 Å². The number of nitrogens with one attached hydrogen (secondary N) is 1. The Bertz CT molecular complexity index is 599. The monoisotopic (exact) mass is 308 g/mol. The van der Waals surface area contributed by atoms with Gasteiger partial charge in [0, 0.05) is 18.1 Å². The molecule has 0 bridgehead atoms. The Morgan fingerprint density at radius 1 is 1.33 bits per heavy atom. The Morgan fingerprint density at radius 3 is 2.76 bits per heavy atom. The first-order valence-electron chi connectivity index (χ1n) is 7.10. The van der Waals surface area contributed by atoms with Crippen molar-refractivity contribution in [1.29, 1.82) is 0 Å². The summed E-state index contributed by atoms with van der Waals surface area (Å²) < 4.78 is 5.74. The average molecular weight is 309 g/mol. The van der Waals surface area contributed by atoms with Gasteiger partial charge in [0.15, 0.2) is 0 Å². The number of benzene rings is 1. The molecule has 1 saturated heterocycles. The summed E-state index contributed by atoms with van der Waals surface area (Å²) in [6.07, 6.45) is 3.06. The van der Waals surface area contributed by atoms with Crippen LogP contribution < -0.4 is 10.1 Å². The molecule has 0 aromatic heterocycles. The van der Waals surface area contributed by atoms with E-state index in [1.165, 1.54) is 6.92 Å². The smallest absolute Gasteiger partial charge is 0.278 e. The zero-order valence-electron chi connectivity index (χ0n) is 11.8. The quantitative estimate of drug-likeness (QED) is 0.811. The maximum absolute atomic E-state index is 12.7. The minimum absolute atomic E-state index is 0.277. The Kier molecular flexibility index (Phi) is 3.53. The lowest BCUT2D eigenvalue weighted by Gasteiger charge is -2.38. The van der Waals surface area contributed by atoms with Gasteiger partial charge in [-0.2, -0.15) is 0 Å². The molecular formula is C15H17ClN2O3. The second-order valence-electron chi connectivity index (χ2n) is 5.58. The summed E-state index contributed by atoms with van der Waals surface area (Å²) in [5, 5.41) is 3.22. The second kappa shape index (κ2) is 5.22. The third-order valence-corrected chi connectivity index (χ3v) is 4.22. The summed E-state index contributed by atoms with van der Waals surface area (Å²) in [6.45, 7) is 2.88. The Balaban J connectivity index is 1.88. The molecule has 2 aliphatic rings. The zero-order valence-corrected chi connectivity index (χ0v) is 12.6. The van der Waals surface area contributed by atoms with E-state index in [1.807, 2.05) is 0 Å². The van der Waals surface area contributed by atoms with E-state index in [0.29, 0.717) is 29.5 Å². The molecule has 6 heteroatoms. The molecule has 1 atom stereocenters. The van der Waals surface area contributed by atoms with E-state index in [-0.39, 0.29) is 5.91 Å². The molecule has 5 nitrogen and oxygen atoms in total. The molecule has 1 aromatic rings. The van der Waals surface area contributed by atoms with Gasteiger partial charge in [0.05, 0.1) is 5.69 Å². The Morgan fingerprint density at radius 2 is 2.05 bits per heavy atom. The van der Waals surface area contributed by atoms with Crippen molar-refractivity contribution in [3.8, 4) is 5.75 Å². The van der Waals surface area contributed by atoms with E-state index < -0.39 is 11.5 Å². The van der Waals surface area contributed by atoms with Crippen LogP contribution in [0.5, 0.6) is 5.75 Å². The van der Waals surface area contributed by atoms with Crippen molar-refractivity contribution in [2.75, 3.05) is 18.4 Å². The van der Waals surface area contributed by atoms with Crippen molar-refractivity contribution in [3.63, 3.8) is 0 Å². The molecule has 0 radical (unpaired) electrons. The van der Waals surface area contributed by atoms with Crippen molar-refractivity contribution in [2.24, 2.45) is 0 Å². The van der Waals surface area contributed by atoms with Crippen molar-refractivity contribution in [1.82, 2.24) is 4.90 Å². The largest absolute Gasteiger partial charge is 0.466 e. The second-order valence-corrected chi connectivity index (χ2v) is 6.02. The maximum atomic E-state index is 12.7. The number of piperidine rings is 1. The number of ether oxygens (including phenoxy) is 1. The Hall–Kier alpha value is -1.75. The average Bonchev–Trinajstić information content (AvgIpc) is 2.49. The number of anilines is 1. The van der Waals surface area contributed by atoms with Gasteiger partial charge < -0.3 is 15.0 Å². The van der Waals surface area contributed by atoms with Gasteiger partial charge in [-0.1, -0.05) is 11.6 Å². The van der Waals surface area contributed by atoms with Gasteiger partial charge in [-0.05, 0) is 44.4 Å². The highest BCUT2D eigenvalue weighted by atomic mass is 35.5. The molecule has 0 unspecified atom stereocenters. The molecule has 0 spiro atoms. The van der Waals surface area contributed by atoms with Crippen LogP contribution in [0.4, 0.5) is 5.69 Å². The number of likely N-dealkylation sites (tertiary alicyclic amines) is 1. The number of rotatable bonds is 1. The van der Waals surface area contributed by atoms with E-state index in [2.05, 4.69) is 5.32 Å². The van der Waals surface area contributed by atoms with Gasteiger partial charge in [-0.3, -0.25) is 9.59 Å². The van der Waals surface area contributed by atoms with Crippen molar-refractivity contribution in [2.45, 2.75) is 31.8 Å². The molecule has 21 heavy (non-hydrogen) atoms. The molecule has 1 fully saturated rings. The predicted molar refractivity (Wildman–Crippen MR) is 79.5 cm³/mol. The minimum Gasteiger partial charge on any atom is -0.466 e. The van der Waals surface area contributed by atoms with Crippen LogP contribution >= 0.6 is 11.6 Å². The molecule has 2 heterocycles. The highest BCUT2D eigenvalue weighted by Crippen LogP contribution is 2.36. The van der Waals surface area contributed by atoms with Crippen LogP contribution in [0, 0.1) is 0 Å². The van der Waals surface area contributed by atoms with Crippen LogP contribution in [0.2, 0.25) is 5.02 Å². The molecule has 2 amide bonds. The normalized spacial score (nSPS) is 24.9. The van der Waals surface area contributed by atoms with Crippen LogP contribution in [0.3, 0.4) is 0 Å². The van der Waals surface area contributed by atoms with E-state index in [4.69, 9.17) is 16.3 Å². The van der Waals surface area contributed by atoms with Crippen LogP contribution in [0.15, 0.2) is 18.2 Å². The lowest BCUT2D eigenvalue weighted by Crippen LogP contribution is -2.60. The topological polar surface area (TPSA) is 58.6 Å². The van der Waals surface area contributed by atoms with Crippen molar-refractivity contribution >= 4 is 29.1 Å². The van der Waals surface area contributed by atoms with Crippen LogP contribution in [-0.2, 0) is 9.59 Å². The molecule has 3 rings (SSSR count). The number of carbonyl (C=O) groups is 2. The zero-order chi connectivity index (χ0) is 15.0. The minimum atomic E-state index is -1.52. The number of nitrogens with zero attached hydrogens (tertiary/aromatic N) is 1. The summed E-state index contributed by atoms with van der Waals surface area (Å²) >= 11 is 5.90. The predicted octanol–water partition coefficient (Wildman–Crippen LogP) is 2.44. The van der Waals surface area contributed by atoms with Crippen LogP contribution in [0.25, 0.3) is 0 Å². The van der Waals surface area contributed by atoms with Gasteiger partial charge in [-0.25, -0.2) is 0 Å². The number of halogens is 1. The molecule has 1 aromatic carbocycles. The number of amides is 2. The fourth-order valence-corrected chi connectivity index (χ4v) is 2.91. The van der Waals surface area contributed by atoms with E-state index in [1.54, 1.807) is 23.1 Å². The highest BCUT2D eigenvalue weighted by Gasteiger charge is 2.49. The van der Waals surface area contributed by atoms with Gasteiger partial charge in [-0.15, -0.1) is 0 Å². The first kappa shape index (κ1) is 14.2. The fraction of sp³-hybridized carbons (Fsp3) is 0.467. The Labute approximate surface area is 128 Å².